The third-order valence-corrected chi connectivity index (χ3v) is 2.96. The van der Waals surface area contributed by atoms with E-state index in [0.717, 1.165) is 3.39 Å². The van der Waals surface area contributed by atoms with Gasteiger partial charge in [0.05, 0.1) is 20.0 Å². The highest BCUT2D eigenvalue weighted by Crippen LogP contribution is 2.36. The van der Waals surface area contributed by atoms with Crippen molar-refractivity contribution in [2.24, 2.45) is 0 Å². The van der Waals surface area contributed by atoms with Crippen molar-refractivity contribution in [2.45, 2.75) is 6.92 Å². The number of rotatable bonds is 5. The quantitative estimate of drug-likeness (QED) is 0.654. The van der Waals surface area contributed by atoms with Gasteiger partial charge in [-0.3, -0.25) is 0 Å². The molecule has 0 aromatic heterocycles. The first-order valence-electron chi connectivity index (χ1n) is 4.80. The highest BCUT2D eigenvalue weighted by molar-refractivity contribution is 9.28. The van der Waals surface area contributed by atoms with Gasteiger partial charge in [0.2, 0.25) is 0 Å². The average Bonchev–Trinajstić information content (AvgIpc) is 2.23. The van der Waals surface area contributed by atoms with Gasteiger partial charge in [0.15, 0.2) is 5.75 Å². The first-order chi connectivity index (χ1) is 8.04. The maximum absolute atomic E-state index is 6.03. The van der Waals surface area contributed by atoms with Gasteiger partial charge in [-0.05, 0) is 44.9 Å². The molecule has 0 bridgehead atoms. The van der Waals surface area contributed by atoms with Gasteiger partial charge in [-0.1, -0.05) is 23.2 Å². The smallest absolute Gasteiger partial charge is 0.156 e. The van der Waals surface area contributed by atoms with Crippen LogP contribution in [-0.2, 0) is 0 Å². The summed E-state index contributed by atoms with van der Waals surface area (Å²) in [6, 6.07) is 3.35. The molecule has 0 heterocycles. The van der Waals surface area contributed by atoms with E-state index in [9.17, 15) is 0 Å². The predicted octanol–water partition coefficient (Wildman–Crippen LogP) is 5.40. The van der Waals surface area contributed by atoms with Crippen LogP contribution in [-0.4, -0.2) is 13.2 Å². The molecule has 94 valence electrons. The SMILES string of the molecule is CCOc1c(Cl)cc(OCC=C(Br)Br)cc1Cl. The van der Waals surface area contributed by atoms with Gasteiger partial charge in [0.25, 0.3) is 0 Å². The van der Waals surface area contributed by atoms with Crippen LogP contribution in [0.3, 0.4) is 0 Å². The summed E-state index contributed by atoms with van der Waals surface area (Å²) in [5, 5.41) is 0.882. The Labute approximate surface area is 127 Å². The third-order valence-electron chi connectivity index (χ3n) is 1.75. The number of benzene rings is 1. The molecule has 0 amide bonds. The number of halogens is 4. The summed E-state index contributed by atoms with van der Waals surface area (Å²) in [5.74, 6) is 1.08. The van der Waals surface area contributed by atoms with Crippen molar-refractivity contribution in [3.63, 3.8) is 0 Å². The molecule has 0 unspecified atom stereocenters. The van der Waals surface area contributed by atoms with E-state index in [-0.39, 0.29) is 0 Å². The summed E-state index contributed by atoms with van der Waals surface area (Å²) in [6.45, 7) is 2.79. The van der Waals surface area contributed by atoms with Crippen LogP contribution in [0.4, 0.5) is 0 Å². The molecular weight excluding hydrogens is 395 g/mol. The molecule has 0 saturated heterocycles. The van der Waals surface area contributed by atoms with E-state index in [1.165, 1.54) is 0 Å². The maximum Gasteiger partial charge on any atom is 0.156 e. The summed E-state index contributed by atoms with van der Waals surface area (Å²) in [4.78, 5) is 0. The lowest BCUT2D eigenvalue weighted by Crippen LogP contribution is -1.96. The second-order valence-electron chi connectivity index (χ2n) is 2.95. The first-order valence-corrected chi connectivity index (χ1v) is 7.14. The monoisotopic (exact) mass is 402 g/mol. The third kappa shape index (κ3) is 5.08. The lowest BCUT2D eigenvalue weighted by Gasteiger charge is -2.10. The topological polar surface area (TPSA) is 18.5 Å². The van der Waals surface area contributed by atoms with Crippen LogP contribution in [0.5, 0.6) is 11.5 Å². The second-order valence-corrected chi connectivity index (χ2v) is 6.54. The summed E-state index contributed by atoms with van der Waals surface area (Å²) < 4.78 is 11.6. The molecule has 0 aliphatic rings. The lowest BCUT2D eigenvalue weighted by atomic mass is 10.3. The molecule has 0 N–H and O–H groups in total. The van der Waals surface area contributed by atoms with Crippen LogP contribution in [0.2, 0.25) is 10.0 Å². The van der Waals surface area contributed by atoms with E-state index < -0.39 is 0 Å². The van der Waals surface area contributed by atoms with E-state index in [0.29, 0.717) is 34.8 Å². The Hall–Kier alpha value is 0.1000. The molecule has 0 radical (unpaired) electrons. The second kappa shape index (κ2) is 7.52. The van der Waals surface area contributed by atoms with Gasteiger partial charge in [-0.25, -0.2) is 0 Å². The maximum atomic E-state index is 6.03. The Morgan fingerprint density at radius 2 is 1.82 bits per heavy atom. The van der Waals surface area contributed by atoms with Crippen molar-refractivity contribution in [1.82, 2.24) is 0 Å². The zero-order chi connectivity index (χ0) is 12.8. The van der Waals surface area contributed by atoms with E-state index in [4.69, 9.17) is 32.7 Å². The van der Waals surface area contributed by atoms with Crippen LogP contribution in [0.1, 0.15) is 6.92 Å². The van der Waals surface area contributed by atoms with Crippen molar-refractivity contribution in [3.05, 3.63) is 31.6 Å². The molecule has 17 heavy (non-hydrogen) atoms. The molecule has 1 aromatic carbocycles. The molecule has 0 atom stereocenters. The highest BCUT2D eigenvalue weighted by atomic mass is 79.9. The largest absolute Gasteiger partial charge is 0.491 e. The van der Waals surface area contributed by atoms with Crippen molar-refractivity contribution in [2.75, 3.05) is 13.2 Å². The number of ether oxygens (including phenoxy) is 2. The average molecular weight is 405 g/mol. The van der Waals surface area contributed by atoms with Crippen molar-refractivity contribution >= 4 is 55.1 Å². The van der Waals surface area contributed by atoms with Crippen LogP contribution in [0, 0.1) is 0 Å². The normalized spacial score (nSPS) is 9.94. The van der Waals surface area contributed by atoms with Gasteiger partial charge in [0.1, 0.15) is 12.4 Å². The number of hydrogen-bond acceptors (Lipinski definition) is 2. The fraction of sp³-hybridized carbons (Fsp3) is 0.273. The first kappa shape index (κ1) is 15.2. The standard InChI is InChI=1S/C11H10Br2Cl2O2/c1-2-16-11-8(14)5-7(6-9(11)15)17-4-3-10(12)13/h3,5-6H,2,4H2,1H3. The van der Waals surface area contributed by atoms with E-state index in [1.54, 1.807) is 12.1 Å². The van der Waals surface area contributed by atoms with Crippen LogP contribution < -0.4 is 9.47 Å². The van der Waals surface area contributed by atoms with Gasteiger partial charge in [-0.15, -0.1) is 0 Å². The summed E-state index contributed by atoms with van der Waals surface area (Å²) >= 11 is 18.5. The molecule has 6 heteroatoms. The van der Waals surface area contributed by atoms with Gasteiger partial charge >= 0.3 is 0 Å². The zero-order valence-corrected chi connectivity index (χ0v) is 13.7. The van der Waals surface area contributed by atoms with Gasteiger partial charge < -0.3 is 9.47 Å². The Bertz CT molecular complexity index is 395. The van der Waals surface area contributed by atoms with E-state index >= 15 is 0 Å². The Morgan fingerprint density at radius 3 is 2.29 bits per heavy atom. The molecule has 0 fully saturated rings. The van der Waals surface area contributed by atoms with Crippen LogP contribution in [0.25, 0.3) is 0 Å². The van der Waals surface area contributed by atoms with Crippen molar-refractivity contribution in [3.8, 4) is 11.5 Å². The zero-order valence-electron chi connectivity index (χ0n) is 8.97. The van der Waals surface area contributed by atoms with Crippen LogP contribution >= 0.6 is 55.1 Å². The molecule has 0 aliphatic heterocycles. The highest BCUT2D eigenvalue weighted by Gasteiger charge is 2.09. The minimum Gasteiger partial charge on any atom is -0.491 e. The van der Waals surface area contributed by atoms with E-state index in [2.05, 4.69) is 31.9 Å². The van der Waals surface area contributed by atoms with Crippen molar-refractivity contribution < 1.29 is 9.47 Å². The molecule has 2 nitrogen and oxygen atoms in total. The van der Waals surface area contributed by atoms with E-state index in [1.807, 2.05) is 13.0 Å². The summed E-state index contributed by atoms with van der Waals surface area (Å²) in [5.41, 5.74) is 0. The Morgan fingerprint density at radius 1 is 1.24 bits per heavy atom. The molecule has 0 spiro atoms. The fourth-order valence-electron chi connectivity index (χ4n) is 1.10. The lowest BCUT2D eigenvalue weighted by molar-refractivity contribution is 0.337. The summed E-state index contributed by atoms with van der Waals surface area (Å²) in [6.07, 6.45) is 1.82. The molecule has 1 rings (SSSR count). The molecular formula is C11H10Br2Cl2O2. The predicted molar refractivity (Wildman–Crippen MR) is 79.1 cm³/mol. The van der Waals surface area contributed by atoms with Gasteiger partial charge in [-0.2, -0.15) is 0 Å². The Balaban J connectivity index is 2.79. The number of hydrogen-bond donors (Lipinski definition) is 0. The summed E-state index contributed by atoms with van der Waals surface area (Å²) in [7, 11) is 0. The fourth-order valence-corrected chi connectivity index (χ4v) is 1.94. The molecule has 0 aliphatic carbocycles. The molecule has 0 saturated carbocycles. The minimum atomic E-state index is 0.409. The minimum absolute atomic E-state index is 0.409. The van der Waals surface area contributed by atoms with Crippen molar-refractivity contribution in [1.29, 1.82) is 0 Å². The van der Waals surface area contributed by atoms with Gasteiger partial charge in [0, 0.05) is 12.1 Å². The molecule has 1 aromatic rings. The van der Waals surface area contributed by atoms with Crippen LogP contribution in [0.15, 0.2) is 21.6 Å². The Kier molecular flexibility index (Phi) is 6.70.